The first kappa shape index (κ1) is 17.0. The molecule has 7 heteroatoms. The Labute approximate surface area is 146 Å². The molecule has 2 heterocycles. The van der Waals surface area contributed by atoms with Gasteiger partial charge in [0.05, 0.1) is 0 Å². The van der Waals surface area contributed by atoms with Crippen LogP contribution in [0.5, 0.6) is 5.75 Å². The lowest BCUT2D eigenvalue weighted by molar-refractivity contribution is -0.127. The summed E-state index contributed by atoms with van der Waals surface area (Å²) in [5, 5.41) is 7.04. The predicted octanol–water partition coefficient (Wildman–Crippen LogP) is 1.74. The molecule has 25 heavy (non-hydrogen) atoms. The SMILES string of the molecule is CCNC(=O)c1ccc(OC2CCCN(c3ccn(C)n3)C2=O)cc1. The number of nitrogens with zero attached hydrogens (tertiary/aromatic N) is 3. The summed E-state index contributed by atoms with van der Waals surface area (Å²) in [4.78, 5) is 26.1. The van der Waals surface area contributed by atoms with Crippen LogP contribution in [0.1, 0.15) is 30.1 Å². The fourth-order valence-corrected chi connectivity index (χ4v) is 2.84. The number of nitrogens with one attached hydrogen (secondary N) is 1. The Morgan fingerprint density at radius 3 is 2.72 bits per heavy atom. The molecule has 0 bridgehead atoms. The average molecular weight is 342 g/mol. The van der Waals surface area contributed by atoms with Crippen molar-refractivity contribution >= 4 is 17.6 Å². The van der Waals surface area contributed by atoms with E-state index >= 15 is 0 Å². The van der Waals surface area contributed by atoms with Crippen molar-refractivity contribution in [3.05, 3.63) is 42.1 Å². The van der Waals surface area contributed by atoms with Crippen LogP contribution in [0.25, 0.3) is 0 Å². The Morgan fingerprint density at radius 2 is 2.08 bits per heavy atom. The lowest BCUT2D eigenvalue weighted by atomic mass is 10.1. The van der Waals surface area contributed by atoms with E-state index in [4.69, 9.17) is 4.74 Å². The van der Waals surface area contributed by atoms with Crippen LogP contribution in [0.2, 0.25) is 0 Å². The van der Waals surface area contributed by atoms with Gasteiger partial charge in [0.15, 0.2) is 11.9 Å². The number of aryl methyl sites for hydroxylation is 1. The number of hydrogen-bond donors (Lipinski definition) is 1. The first-order valence-electron chi connectivity index (χ1n) is 8.44. The van der Waals surface area contributed by atoms with Gasteiger partial charge >= 0.3 is 0 Å². The van der Waals surface area contributed by atoms with Crippen LogP contribution < -0.4 is 15.0 Å². The summed E-state index contributed by atoms with van der Waals surface area (Å²) in [5.41, 5.74) is 0.569. The highest BCUT2D eigenvalue weighted by Gasteiger charge is 2.32. The van der Waals surface area contributed by atoms with E-state index in [0.29, 0.717) is 36.6 Å². The summed E-state index contributed by atoms with van der Waals surface area (Å²) < 4.78 is 7.54. The van der Waals surface area contributed by atoms with Gasteiger partial charge in [-0.05, 0) is 44.0 Å². The van der Waals surface area contributed by atoms with Crippen molar-refractivity contribution in [3.63, 3.8) is 0 Å². The molecule has 1 N–H and O–H groups in total. The molecule has 2 aromatic rings. The zero-order chi connectivity index (χ0) is 17.8. The maximum Gasteiger partial charge on any atom is 0.269 e. The molecule has 1 aromatic carbocycles. The van der Waals surface area contributed by atoms with Gasteiger partial charge in [0.25, 0.3) is 11.8 Å². The Hall–Kier alpha value is -2.83. The number of anilines is 1. The van der Waals surface area contributed by atoms with Crippen molar-refractivity contribution in [2.75, 3.05) is 18.0 Å². The van der Waals surface area contributed by atoms with E-state index in [0.717, 1.165) is 6.42 Å². The normalized spacial score (nSPS) is 17.4. The molecule has 132 valence electrons. The summed E-state index contributed by atoms with van der Waals surface area (Å²) in [5.74, 6) is 1.02. The molecule has 0 aliphatic carbocycles. The third-order valence-corrected chi connectivity index (χ3v) is 4.10. The minimum Gasteiger partial charge on any atom is -0.481 e. The van der Waals surface area contributed by atoms with E-state index < -0.39 is 6.10 Å². The molecule has 1 aliphatic rings. The summed E-state index contributed by atoms with van der Waals surface area (Å²) in [6, 6.07) is 8.66. The number of amides is 2. The van der Waals surface area contributed by atoms with Gasteiger partial charge in [-0.15, -0.1) is 0 Å². The first-order valence-corrected chi connectivity index (χ1v) is 8.44. The van der Waals surface area contributed by atoms with Gasteiger partial charge in [0.1, 0.15) is 5.75 Å². The van der Waals surface area contributed by atoms with Gasteiger partial charge < -0.3 is 10.1 Å². The second-order valence-corrected chi connectivity index (χ2v) is 5.97. The molecule has 1 saturated heterocycles. The number of piperidine rings is 1. The second-order valence-electron chi connectivity index (χ2n) is 5.97. The largest absolute Gasteiger partial charge is 0.481 e. The lowest BCUT2D eigenvalue weighted by Crippen LogP contribution is -2.47. The van der Waals surface area contributed by atoms with Crippen LogP contribution in [0.15, 0.2) is 36.5 Å². The van der Waals surface area contributed by atoms with E-state index in [1.807, 2.05) is 26.2 Å². The van der Waals surface area contributed by atoms with E-state index in [2.05, 4.69) is 10.4 Å². The molecule has 1 fully saturated rings. The zero-order valence-electron chi connectivity index (χ0n) is 14.4. The minimum atomic E-state index is -0.536. The standard InChI is InChI=1S/C18H22N4O3/c1-3-19-17(23)13-6-8-14(9-7-13)25-15-5-4-11-22(18(15)24)16-10-12-21(2)20-16/h6-10,12,15H,3-5,11H2,1-2H3,(H,19,23). The molecular weight excluding hydrogens is 320 g/mol. The summed E-state index contributed by atoms with van der Waals surface area (Å²) in [6.07, 6.45) is 2.79. The topological polar surface area (TPSA) is 76.5 Å². The molecule has 1 unspecified atom stereocenters. The summed E-state index contributed by atoms with van der Waals surface area (Å²) in [6.45, 7) is 3.10. The molecule has 2 amide bonds. The van der Waals surface area contributed by atoms with Gasteiger partial charge in [-0.2, -0.15) is 5.10 Å². The number of carbonyl (C=O) groups excluding carboxylic acids is 2. The summed E-state index contributed by atoms with van der Waals surface area (Å²) in [7, 11) is 1.82. The number of ether oxygens (including phenoxy) is 1. The molecule has 3 rings (SSSR count). The van der Waals surface area contributed by atoms with Crippen LogP contribution in [0, 0.1) is 0 Å². The molecule has 0 radical (unpaired) electrons. The highest BCUT2D eigenvalue weighted by atomic mass is 16.5. The van der Waals surface area contributed by atoms with Crippen molar-refractivity contribution in [2.45, 2.75) is 25.9 Å². The molecule has 0 spiro atoms. The van der Waals surface area contributed by atoms with Gasteiger partial charge in [0.2, 0.25) is 0 Å². The smallest absolute Gasteiger partial charge is 0.269 e. The van der Waals surface area contributed by atoms with Gasteiger partial charge in [-0.25, -0.2) is 0 Å². The molecule has 1 aromatic heterocycles. The van der Waals surface area contributed by atoms with E-state index in [9.17, 15) is 9.59 Å². The molecule has 1 aliphatic heterocycles. The van der Waals surface area contributed by atoms with Gasteiger partial charge in [-0.1, -0.05) is 0 Å². The Balaban J connectivity index is 1.67. The van der Waals surface area contributed by atoms with Gasteiger partial charge in [0, 0.05) is 38.0 Å². The van der Waals surface area contributed by atoms with Crippen LogP contribution in [-0.4, -0.2) is 40.8 Å². The highest BCUT2D eigenvalue weighted by molar-refractivity contribution is 5.96. The first-order chi connectivity index (χ1) is 12.1. The molecule has 0 saturated carbocycles. The number of carbonyl (C=O) groups is 2. The second kappa shape index (κ2) is 7.38. The fourth-order valence-electron chi connectivity index (χ4n) is 2.84. The molecule has 7 nitrogen and oxygen atoms in total. The molecule has 1 atom stereocenters. The number of aromatic nitrogens is 2. The highest BCUT2D eigenvalue weighted by Crippen LogP contribution is 2.23. The fraction of sp³-hybridized carbons (Fsp3) is 0.389. The third kappa shape index (κ3) is 3.81. The minimum absolute atomic E-state index is 0.0854. The van der Waals surface area contributed by atoms with Crippen molar-refractivity contribution in [3.8, 4) is 5.75 Å². The van der Waals surface area contributed by atoms with Crippen molar-refractivity contribution in [1.29, 1.82) is 0 Å². The summed E-state index contributed by atoms with van der Waals surface area (Å²) >= 11 is 0. The van der Waals surface area contributed by atoms with Crippen molar-refractivity contribution in [1.82, 2.24) is 15.1 Å². The Kier molecular flexibility index (Phi) is 5.02. The van der Waals surface area contributed by atoms with E-state index in [1.54, 1.807) is 33.8 Å². The van der Waals surface area contributed by atoms with Crippen molar-refractivity contribution in [2.24, 2.45) is 7.05 Å². The Morgan fingerprint density at radius 1 is 1.32 bits per heavy atom. The third-order valence-electron chi connectivity index (χ3n) is 4.10. The quantitative estimate of drug-likeness (QED) is 0.898. The Bertz CT molecular complexity index is 754. The molecular formula is C18H22N4O3. The van der Waals surface area contributed by atoms with Gasteiger partial charge in [-0.3, -0.25) is 19.2 Å². The maximum absolute atomic E-state index is 12.7. The van der Waals surface area contributed by atoms with E-state index in [1.165, 1.54) is 0 Å². The van der Waals surface area contributed by atoms with Crippen LogP contribution >= 0.6 is 0 Å². The van der Waals surface area contributed by atoms with E-state index in [-0.39, 0.29) is 11.8 Å². The number of hydrogen-bond acceptors (Lipinski definition) is 4. The number of rotatable bonds is 5. The monoisotopic (exact) mass is 342 g/mol. The van der Waals surface area contributed by atoms with Crippen molar-refractivity contribution < 1.29 is 14.3 Å². The van der Waals surface area contributed by atoms with Crippen LogP contribution in [-0.2, 0) is 11.8 Å². The average Bonchev–Trinajstić information content (AvgIpc) is 3.04. The van der Waals surface area contributed by atoms with Crippen LogP contribution in [0.4, 0.5) is 5.82 Å². The number of benzene rings is 1. The van der Waals surface area contributed by atoms with Crippen LogP contribution in [0.3, 0.4) is 0 Å². The maximum atomic E-state index is 12.7. The predicted molar refractivity (Wildman–Crippen MR) is 93.7 cm³/mol. The zero-order valence-corrected chi connectivity index (χ0v) is 14.4. The lowest BCUT2D eigenvalue weighted by Gasteiger charge is -2.30.